The van der Waals surface area contributed by atoms with Crippen LogP contribution in [0.3, 0.4) is 0 Å². The summed E-state index contributed by atoms with van der Waals surface area (Å²) in [6, 6.07) is 16.4. The number of hydrogen-bond acceptors (Lipinski definition) is 8. The highest BCUT2D eigenvalue weighted by atomic mass is 35.5. The van der Waals surface area contributed by atoms with Gasteiger partial charge in [-0.3, -0.25) is 10.1 Å². The number of ether oxygens (including phenoxy) is 3. The SMILES string of the molecule is COc1cc(/C=C2\N=C(c3ccc([N+](=O)[O-])cc3)OC2=O)ccc1OC(=O)c1ccc(Cl)cc1. The average Bonchev–Trinajstić information content (AvgIpc) is 3.20. The topological polar surface area (TPSA) is 117 Å². The van der Waals surface area contributed by atoms with Crippen LogP contribution in [0.4, 0.5) is 5.69 Å². The van der Waals surface area contributed by atoms with Gasteiger partial charge in [0, 0.05) is 22.7 Å². The smallest absolute Gasteiger partial charge is 0.363 e. The van der Waals surface area contributed by atoms with Crippen LogP contribution in [0.2, 0.25) is 5.02 Å². The third kappa shape index (κ3) is 4.94. The molecule has 0 aromatic heterocycles. The molecule has 0 aliphatic carbocycles. The first-order valence-corrected chi connectivity index (χ1v) is 10.1. The van der Waals surface area contributed by atoms with Gasteiger partial charge in [-0.25, -0.2) is 14.6 Å². The Balaban J connectivity index is 1.55. The van der Waals surface area contributed by atoms with E-state index in [-0.39, 0.29) is 28.8 Å². The summed E-state index contributed by atoms with van der Waals surface area (Å²) < 4.78 is 15.9. The zero-order chi connectivity index (χ0) is 24.2. The van der Waals surface area contributed by atoms with E-state index in [0.29, 0.717) is 21.7 Å². The Morgan fingerprint density at radius 2 is 1.76 bits per heavy atom. The van der Waals surface area contributed by atoms with E-state index in [9.17, 15) is 19.7 Å². The summed E-state index contributed by atoms with van der Waals surface area (Å²) in [5, 5.41) is 11.3. The minimum Gasteiger partial charge on any atom is -0.493 e. The van der Waals surface area contributed by atoms with Crippen LogP contribution in [0, 0.1) is 10.1 Å². The Morgan fingerprint density at radius 3 is 2.41 bits per heavy atom. The van der Waals surface area contributed by atoms with E-state index in [1.165, 1.54) is 43.5 Å². The molecule has 3 aromatic carbocycles. The van der Waals surface area contributed by atoms with Gasteiger partial charge in [-0.2, -0.15) is 0 Å². The number of methoxy groups -OCH3 is 1. The summed E-state index contributed by atoms with van der Waals surface area (Å²) in [4.78, 5) is 39.1. The van der Waals surface area contributed by atoms with Crippen LogP contribution in [0.25, 0.3) is 6.08 Å². The molecular formula is C24H15ClN2O7. The molecule has 0 spiro atoms. The molecule has 0 bridgehead atoms. The van der Waals surface area contributed by atoms with Crippen LogP contribution < -0.4 is 9.47 Å². The first-order chi connectivity index (χ1) is 16.3. The molecule has 9 nitrogen and oxygen atoms in total. The number of halogens is 1. The normalized spacial score (nSPS) is 13.9. The average molecular weight is 479 g/mol. The lowest BCUT2D eigenvalue weighted by Gasteiger charge is -2.10. The van der Waals surface area contributed by atoms with E-state index in [4.69, 9.17) is 25.8 Å². The predicted molar refractivity (Wildman–Crippen MR) is 123 cm³/mol. The Morgan fingerprint density at radius 1 is 1.06 bits per heavy atom. The monoisotopic (exact) mass is 478 g/mol. The number of benzene rings is 3. The molecule has 0 atom stereocenters. The van der Waals surface area contributed by atoms with Gasteiger partial charge in [0.1, 0.15) is 0 Å². The van der Waals surface area contributed by atoms with Crippen molar-refractivity contribution in [2.45, 2.75) is 0 Å². The van der Waals surface area contributed by atoms with Crippen LogP contribution in [-0.4, -0.2) is 29.9 Å². The molecule has 10 heteroatoms. The van der Waals surface area contributed by atoms with E-state index in [1.54, 1.807) is 36.4 Å². The zero-order valence-corrected chi connectivity index (χ0v) is 18.3. The van der Waals surface area contributed by atoms with Crippen molar-refractivity contribution in [3.8, 4) is 11.5 Å². The molecule has 0 saturated carbocycles. The second-order valence-electron chi connectivity index (χ2n) is 6.95. The second kappa shape index (κ2) is 9.55. The lowest BCUT2D eigenvalue weighted by molar-refractivity contribution is -0.384. The van der Waals surface area contributed by atoms with Crippen molar-refractivity contribution in [1.29, 1.82) is 0 Å². The standard InChI is InChI=1S/C24H15ClN2O7/c1-32-21-13-14(2-11-20(21)33-23(28)16-3-7-17(25)8-4-16)12-19-24(29)34-22(26-19)15-5-9-18(10-6-15)27(30)31/h2-13H,1H3/b19-12-. The predicted octanol–water partition coefficient (Wildman–Crippen LogP) is 4.82. The van der Waals surface area contributed by atoms with Crippen molar-refractivity contribution >= 4 is 41.2 Å². The molecule has 34 heavy (non-hydrogen) atoms. The van der Waals surface area contributed by atoms with Gasteiger partial charge in [0.15, 0.2) is 17.2 Å². The van der Waals surface area contributed by atoms with Gasteiger partial charge in [0.2, 0.25) is 5.90 Å². The van der Waals surface area contributed by atoms with Gasteiger partial charge in [0.05, 0.1) is 17.6 Å². The number of non-ortho nitro benzene ring substituents is 1. The number of aliphatic imine (C=N–C) groups is 1. The van der Waals surface area contributed by atoms with Crippen molar-refractivity contribution in [2.24, 2.45) is 4.99 Å². The van der Waals surface area contributed by atoms with E-state index in [2.05, 4.69) is 4.99 Å². The lowest BCUT2D eigenvalue weighted by atomic mass is 10.1. The number of cyclic esters (lactones) is 1. The molecule has 0 saturated heterocycles. The summed E-state index contributed by atoms with van der Waals surface area (Å²) in [6.45, 7) is 0. The molecule has 4 rings (SSSR count). The van der Waals surface area contributed by atoms with Crippen LogP contribution in [0.15, 0.2) is 77.4 Å². The number of nitro benzene ring substituents is 1. The fourth-order valence-electron chi connectivity index (χ4n) is 3.02. The summed E-state index contributed by atoms with van der Waals surface area (Å²) in [5.74, 6) is -0.772. The third-order valence-electron chi connectivity index (χ3n) is 4.72. The summed E-state index contributed by atoms with van der Waals surface area (Å²) >= 11 is 5.84. The molecule has 1 heterocycles. The van der Waals surface area contributed by atoms with Crippen LogP contribution in [-0.2, 0) is 9.53 Å². The number of esters is 2. The first kappa shape index (κ1) is 22.7. The molecule has 0 fully saturated rings. The molecule has 0 radical (unpaired) electrons. The molecule has 0 unspecified atom stereocenters. The van der Waals surface area contributed by atoms with Crippen LogP contribution in [0.1, 0.15) is 21.5 Å². The van der Waals surface area contributed by atoms with Crippen LogP contribution in [0.5, 0.6) is 11.5 Å². The van der Waals surface area contributed by atoms with Crippen LogP contribution >= 0.6 is 11.6 Å². The Hall–Kier alpha value is -4.50. The maximum Gasteiger partial charge on any atom is 0.363 e. The molecule has 3 aromatic rings. The van der Waals surface area contributed by atoms with E-state index < -0.39 is 16.9 Å². The Labute approximate surface area is 198 Å². The van der Waals surface area contributed by atoms with Gasteiger partial charge in [0.25, 0.3) is 5.69 Å². The van der Waals surface area contributed by atoms with Crippen molar-refractivity contribution in [2.75, 3.05) is 7.11 Å². The van der Waals surface area contributed by atoms with Crippen molar-refractivity contribution in [3.05, 3.63) is 104 Å². The highest BCUT2D eigenvalue weighted by Gasteiger charge is 2.25. The van der Waals surface area contributed by atoms with Crippen molar-refractivity contribution in [3.63, 3.8) is 0 Å². The van der Waals surface area contributed by atoms with E-state index in [0.717, 1.165) is 0 Å². The van der Waals surface area contributed by atoms with Gasteiger partial charge in [-0.05, 0) is 60.2 Å². The number of hydrogen-bond donors (Lipinski definition) is 0. The maximum atomic E-state index is 12.4. The molecule has 1 aliphatic rings. The lowest BCUT2D eigenvalue weighted by Crippen LogP contribution is -2.09. The fourth-order valence-corrected chi connectivity index (χ4v) is 3.15. The summed E-state index contributed by atoms with van der Waals surface area (Å²) in [7, 11) is 1.42. The highest BCUT2D eigenvalue weighted by Crippen LogP contribution is 2.30. The van der Waals surface area contributed by atoms with Crippen molar-refractivity contribution < 1.29 is 28.7 Å². The maximum absolute atomic E-state index is 12.4. The largest absolute Gasteiger partial charge is 0.493 e. The van der Waals surface area contributed by atoms with Gasteiger partial charge in [-0.15, -0.1) is 0 Å². The van der Waals surface area contributed by atoms with Gasteiger partial charge >= 0.3 is 11.9 Å². The quantitative estimate of drug-likeness (QED) is 0.164. The third-order valence-corrected chi connectivity index (χ3v) is 4.97. The number of carbonyl (C=O) groups excluding carboxylic acids is 2. The summed E-state index contributed by atoms with van der Waals surface area (Å²) in [6.07, 6.45) is 1.48. The second-order valence-corrected chi connectivity index (χ2v) is 7.38. The van der Waals surface area contributed by atoms with E-state index >= 15 is 0 Å². The minimum absolute atomic E-state index is 0.0290. The molecule has 0 amide bonds. The Kier molecular flexibility index (Phi) is 6.37. The highest BCUT2D eigenvalue weighted by molar-refractivity contribution is 6.30. The van der Waals surface area contributed by atoms with Gasteiger partial charge in [-0.1, -0.05) is 17.7 Å². The number of carbonyl (C=O) groups is 2. The zero-order valence-electron chi connectivity index (χ0n) is 17.6. The van der Waals surface area contributed by atoms with Crippen molar-refractivity contribution in [1.82, 2.24) is 0 Å². The molecular weight excluding hydrogens is 464 g/mol. The summed E-state index contributed by atoms with van der Waals surface area (Å²) in [5.41, 5.74) is 1.22. The fraction of sp³-hybridized carbons (Fsp3) is 0.0417. The molecule has 170 valence electrons. The number of rotatable bonds is 6. The molecule has 1 aliphatic heterocycles. The van der Waals surface area contributed by atoms with E-state index in [1.807, 2.05) is 0 Å². The number of nitro groups is 1. The molecule has 0 N–H and O–H groups in total. The minimum atomic E-state index is -0.675. The number of nitrogens with zero attached hydrogens (tertiary/aromatic N) is 2. The first-order valence-electron chi connectivity index (χ1n) is 9.77. The van der Waals surface area contributed by atoms with Gasteiger partial charge < -0.3 is 14.2 Å². The Bertz CT molecular complexity index is 1350.